The number of fused-ring (bicyclic) bond motifs is 4. The van der Waals surface area contributed by atoms with Gasteiger partial charge in [0.1, 0.15) is 59.8 Å². The SMILES string of the molecule is CC(C)(C)OC(=O)CCC(CO)NC(=O)c1cccc(CNC(=O)C23CC4OC(=O)C2N(Cc2ccccc2C=CCOC2OC(CO)C(O)C(O)C2O)OC3C2OC(c3ccccc3)(c3ccccc3)OC42)c1. The van der Waals surface area contributed by atoms with Crippen LogP contribution in [0, 0.1) is 5.41 Å². The third kappa shape index (κ3) is 10.6. The number of esters is 2. The smallest absolute Gasteiger partial charge is 0.327 e. The highest BCUT2D eigenvalue weighted by atomic mass is 16.8. The standard InChI is InChI=1S/C55H63N3O16/c1-53(2,3)71-41(61)24-23-38(30-59)57-49(65)34-17-12-14-32(26-34)28-56-52(67)54-27-39-45-46(73-55(72-45,36-19-6-4-7-20-36)37-21-8-5-9-22-37)48(54)74-58(47(54)50(66)69-39)29-35-16-11-10-15-33(35)18-13-25-68-51-44(64)43(63)42(62)40(31-60)70-51/h4-22,26,38-40,42-48,51,59-60,62-64H,23-25,27-31H2,1-3H3,(H,56,67)(H,57,65). The Morgan fingerprint density at radius 2 is 1.55 bits per heavy atom. The van der Waals surface area contributed by atoms with Crippen LogP contribution in [0.2, 0.25) is 0 Å². The van der Waals surface area contributed by atoms with Crippen LogP contribution >= 0.6 is 0 Å². The molecule has 74 heavy (non-hydrogen) atoms. The number of rotatable bonds is 18. The van der Waals surface area contributed by atoms with Crippen LogP contribution < -0.4 is 10.6 Å². The maximum Gasteiger partial charge on any atom is 0.327 e. The number of carbonyl (C=O) groups is 4. The van der Waals surface area contributed by atoms with Crippen molar-refractivity contribution in [3.05, 3.63) is 149 Å². The van der Waals surface area contributed by atoms with Crippen molar-refractivity contribution in [2.24, 2.45) is 5.41 Å². The number of hydrogen-bond acceptors (Lipinski definition) is 17. The van der Waals surface area contributed by atoms with E-state index < -0.39 is 121 Å². The second-order valence-corrected chi connectivity index (χ2v) is 20.2. The molecule has 0 spiro atoms. The number of aliphatic hydroxyl groups excluding tert-OH is 5. The number of amides is 2. The van der Waals surface area contributed by atoms with Crippen LogP contribution in [0.5, 0.6) is 0 Å². The number of hydroxylamine groups is 2. The molecule has 12 unspecified atom stereocenters. The Hall–Kier alpha value is -5.94. The van der Waals surface area contributed by atoms with E-state index in [1.807, 2.05) is 84.9 Å². The molecule has 5 fully saturated rings. The van der Waals surface area contributed by atoms with Crippen molar-refractivity contribution in [1.82, 2.24) is 15.7 Å². The second-order valence-electron chi connectivity index (χ2n) is 20.2. The third-order valence-corrected chi connectivity index (χ3v) is 14.1. The molecule has 0 radical (unpaired) electrons. The van der Waals surface area contributed by atoms with E-state index in [1.54, 1.807) is 57.2 Å². The zero-order chi connectivity index (χ0) is 52.4. The molecule has 4 aromatic rings. The van der Waals surface area contributed by atoms with E-state index in [0.29, 0.717) is 27.8 Å². The Bertz CT molecular complexity index is 2630. The van der Waals surface area contributed by atoms with Crippen LogP contribution in [-0.4, -0.2) is 147 Å². The molecular formula is C55H63N3O16. The Morgan fingerprint density at radius 1 is 0.865 bits per heavy atom. The molecule has 2 amide bonds. The average Bonchev–Trinajstić information content (AvgIpc) is 3.99. The van der Waals surface area contributed by atoms with Crippen molar-refractivity contribution < 1.29 is 78.0 Å². The number of nitrogens with zero attached hydrogens (tertiary/aromatic N) is 1. The first kappa shape index (κ1) is 52.9. The van der Waals surface area contributed by atoms with Crippen LogP contribution in [0.4, 0.5) is 0 Å². The van der Waals surface area contributed by atoms with E-state index in [1.165, 1.54) is 5.06 Å². The second kappa shape index (κ2) is 22.1. The Kier molecular flexibility index (Phi) is 15.8. The van der Waals surface area contributed by atoms with E-state index in [9.17, 15) is 39.9 Å². The minimum absolute atomic E-state index is 0.00539. The van der Waals surface area contributed by atoms with Gasteiger partial charge in [-0.3, -0.25) is 24.0 Å². The highest BCUT2D eigenvalue weighted by Crippen LogP contribution is 2.59. The van der Waals surface area contributed by atoms with Crippen LogP contribution in [-0.2, 0) is 66.5 Å². The van der Waals surface area contributed by atoms with Crippen molar-refractivity contribution in [2.75, 3.05) is 19.8 Å². The van der Waals surface area contributed by atoms with Gasteiger partial charge in [-0.2, -0.15) is 5.06 Å². The number of ether oxygens (including phenoxy) is 6. The molecule has 2 bridgehead atoms. The van der Waals surface area contributed by atoms with Gasteiger partial charge in [-0.1, -0.05) is 109 Å². The van der Waals surface area contributed by atoms with Crippen molar-refractivity contribution in [3.63, 3.8) is 0 Å². The maximum absolute atomic E-state index is 15.3. The number of carbonyl (C=O) groups excluding carboxylic acids is 4. The van der Waals surface area contributed by atoms with E-state index in [0.717, 1.165) is 0 Å². The van der Waals surface area contributed by atoms with Gasteiger partial charge in [0.2, 0.25) is 11.7 Å². The van der Waals surface area contributed by atoms with Gasteiger partial charge in [0.05, 0.1) is 32.4 Å². The van der Waals surface area contributed by atoms with Crippen LogP contribution in [0.1, 0.15) is 78.2 Å². The molecule has 5 aliphatic rings. The monoisotopic (exact) mass is 1020 g/mol. The van der Waals surface area contributed by atoms with Crippen molar-refractivity contribution in [3.8, 4) is 0 Å². The Morgan fingerprint density at radius 3 is 2.24 bits per heavy atom. The molecule has 19 heteroatoms. The number of benzene rings is 4. The summed E-state index contributed by atoms with van der Waals surface area (Å²) < 4.78 is 36.9. The zero-order valence-corrected chi connectivity index (χ0v) is 41.2. The lowest BCUT2D eigenvalue weighted by Gasteiger charge is -2.48. The van der Waals surface area contributed by atoms with Crippen LogP contribution in [0.15, 0.2) is 115 Å². The lowest BCUT2D eigenvalue weighted by atomic mass is 9.62. The molecule has 4 saturated heterocycles. The first-order valence-electron chi connectivity index (χ1n) is 24.8. The topological polar surface area (TPSA) is 261 Å². The van der Waals surface area contributed by atoms with Crippen molar-refractivity contribution in [2.45, 2.75) is 132 Å². The van der Waals surface area contributed by atoms with Crippen molar-refractivity contribution >= 4 is 29.8 Å². The number of aliphatic hydroxyl groups is 5. The summed E-state index contributed by atoms with van der Waals surface area (Å²) in [5, 5.41) is 57.9. The molecule has 1 aliphatic carbocycles. The van der Waals surface area contributed by atoms with Crippen LogP contribution in [0.3, 0.4) is 0 Å². The summed E-state index contributed by atoms with van der Waals surface area (Å²) in [4.78, 5) is 62.7. The molecule has 9 rings (SSSR count). The predicted octanol–water partition coefficient (Wildman–Crippen LogP) is 2.53. The first-order valence-corrected chi connectivity index (χ1v) is 24.8. The predicted molar refractivity (Wildman–Crippen MR) is 261 cm³/mol. The third-order valence-electron chi connectivity index (χ3n) is 14.1. The minimum atomic E-state index is -1.60. The zero-order valence-electron chi connectivity index (χ0n) is 41.2. The van der Waals surface area contributed by atoms with Gasteiger partial charge in [0.15, 0.2) is 12.3 Å². The molecular weight excluding hydrogens is 959 g/mol. The number of nitrogens with one attached hydrogen (secondary N) is 2. The molecule has 1 saturated carbocycles. The molecule has 12 atom stereocenters. The van der Waals surface area contributed by atoms with Gasteiger partial charge in [-0.05, 0) is 56.0 Å². The largest absolute Gasteiger partial charge is 0.460 e. The van der Waals surface area contributed by atoms with E-state index in [-0.39, 0.29) is 44.5 Å². The van der Waals surface area contributed by atoms with E-state index in [4.69, 9.17) is 33.3 Å². The molecule has 19 nitrogen and oxygen atoms in total. The molecule has 7 N–H and O–H groups in total. The van der Waals surface area contributed by atoms with E-state index >= 15 is 4.79 Å². The van der Waals surface area contributed by atoms with Gasteiger partial charge < -0.3 is 64.6 Å². The lowest BCUT2D eigenvalue weighted by molar-refractivity contribution is -0.298. The summed E-state index contributed by atoms with van der Waals surface area (Å²) in [6.07, 6.45) is -7.44. The van der Waals surface area contributed by atoms with Gasteiger partial charge in [0.25, 0.3) is 5.91 Å². The summed E-state index contributed by atoms with van der Waals surface area (Å²) in [5.41, 5.74) is 1.29. The molecule has 394 valence electrons. The fraction of sp³-hybridized carbons (Fsp3) is 0.455. The quantitative estimate of drug-likeness (QED) is 0.0707. The molecule has 4 aromatic carbocycles. The molecule has 0 aromatic heterocycles. The first-order chi connectivity index (χ1) is 35.5. The fourth-order valence-electron chi connectivity index (χ4n) is 10.6. The average molecular weight is 1020 g/mol. The Balaban J connectivity index is 0.979. The summed E-state index contributed by atoms with van der Waals surface area (Å²) in [7, 11) is 0. The summed E-state index contributed by atoms with van der Waals surface area (Å²) >= 11 is 0. The van der Waals surface area contributed by atoms with Gasteiger partial charge in [-0.15, -0.1) is 0 Å². The fourth-order valence-corrected chi connectivity index (χ4v) is 10.6. The highest BCUT2D eigenvalue weighted by Gasteiger charge is 2.76. The minimum Gasteiger partial charge on any atom is -0.460 e. The Labute approximate surface area is 427 Å². The molecule has 4 aliphatic heterocycles. The number of hydrogen-bond donors (Lipinski definition) is 7. The highest BCUT2D eigenvalue weighted by molar-refractivity contribution is 5.95. The molecule has 4 heterocycles. The van der Waals surface area contributed by atoms with E-state index in [2.05, 4.69) is 10.6 Å². The summed E-state index contributed by atoms with van der Waals surface area (Å²) in [6.45, 7) is 4.11. The van der Waals surface area contributed by atoms with Gasteiger partial charge in [-0.25, -0.2) is 0 Å². The summed E-state index contributed by atoms with van der Waals surface area (Å²) in [5.74, 6) is -3.62. The normalized spacial score (nSPS) is 29.5. The summed E-state index contributed by atoms with van der Waals surface area (Å²) in [6, 6.07) is 30.7. The van der Waals surface area contributed by atoms with Gasteiger partial charge >= 0.3 is 11.9 Å². The maximum atomic E-state index is 15.3. The van der Waals surface area contributed by atoms with Crippen molar-refractivity contribution in [1.29, 1.82) is 0 Å². The lowest BCUT2D eigenvalue weighted by Crippen LogP contribution is -2.69. The van der Waals surface area contributed by atoms with Gasteiger partial charge in [0, 0.05) is 36.1 Å². The van der Waals surface area contributed by atoms with Crippen LogP contribution in [0.25, 0.3) is 6.08 Å².